The van der Waals surface area contributed by atoms with Crippen LogP contribution in [0.2, 0.25) is 0 Å². The molecule has 0 heterocycles. The van der Waals surface area contributed by atoms with Crippen LogP contribution < -0.4 is 11.1 Å². The molecule has 80 valence electrons. The number of nitro groups is 1. The molecule has 1 atom stereocenters. The van der Waals surface area contributed by atoms with Gasteiger partial charge in [-0.2, -0.15) is 0 Å². The molecule has 1 aromatic carbocycles. The number of hydrogen-bond acceptors (Lipinski definition) is 4. The Morgan fingerprint density at radius 2 is 2.13 bits per heavy atom. The van der Waals surface area contributed by atoms with Crippen LogP contribution in [0.25, 0.3) is 0 Å². The van der Waals surface area contributed by atoms with Crippen molar-refractivity contribution in [3.05, 3.63) is 34.4 Å². The van der Waals surface area contributed by atoms with Gasteiger partial charge < -0.3 is 11.1 Å². The Hall–Kier alpha value is -1.95. The summed E-state index contributed by atoms with van der Waals surface area (Å²) in [5, 5.41) is 13.0. The molecule has 0 aliphatic heterocycles. The smallest absolute Gasteiger partial charge is 0.292 e. The van der Waals surface area contributed by atoms with E-state index < -0.39 is 16.9 Å². The van der Waals surface area contributed by atoms with E-state index in [2.05, 4.69) is 5.32 Å². The molecular weight excluding hydrogens is 198 g/mol. The number of nitrogens with zero attached hydrogens (tertiary/aromatic N) is 1. The van der Waals surface area contributed by atoms with Gasteiger partial charge in [-0.15, -0.1) is 0 Å². The first-order valence-electron chi connectivity index (χ1n) is 4.32. The van der Waals surface area contributed by atoms with E-state index in [0.717, 1.165) is 0 Å². The summed E-state index contributed by atoms with van der Waals surface area (Å²) in [6, 6.07) is 5.20. The number of nitrogens with one attached hydrogen (secondary N) is 1. The maximum atomic E-state index is 11.2. The number of carbonyl (C=O) groups excluding carboxylic acids is 1. The highest BCUT2D eigenvalue weighted by Gasteiger charge is 2.16. The summed E-state index contributed by atoms with van der Waals surface area (Å²) < 4.78 is 0. The molecule has 0 saturated carbocycles. The summed E-state index contributed by atoms with van der Waals surface area (Å²) in [6.07, 6.45) is 0. The van der Waals surface area contributed by atoms with Gasteiger partial charge in [0.05, 0.1) is 11.0 Å². The van der Waals surface area contributed by atoms with E-state index in [-0.39, 0.29) is 11.4 Å². The molecular formula is C9H11N3O3. The number of hydrogen-bond donors (Lipinski definition) is 2. The van der Waals surface area contributed by atoms with Crippen molar-refractivity contribution >= 4 is 17.3 Å². The average molecular weight is 209 g/mol. The number of amides is 1. The summed E-state index contributed by atoms with van der Waals surface area (Å²) in [5.74, 6) is -0.454. The standard InChI is InChI=1S/C9H11N3O3/c1-6(10)9(13)11-7-4-2-3-5-8(7)12(14)15/h2-6H,10H2,1H3,(H,11,13)/t6-/m1/s1. The topological polar surface area (TPSA) is 98.3 Å². The zero-order chi connectivity index (χ0) is 11.4. The van der Waals surface area contributed by atoms with E-state index in [1.54, 1.807) is 6.07 Å². The average Bonchev–Trinajstić information content (AvgIpc) is 2.18. The van der Waals surface area contributed by atoms with Crippen LogP contribution >= 0.6 is 0 Å². The molecule has 0 spiro atoms. The Morgan fingerprint density at radius 1 is 1.53 bits per heavy atom. The van der Waals surface area contributed by atoms with E-state index >= 15 is 0 Å². The fraction of sp³-hybridized carbons (Fsp3) is 0.222. The minimum absolute atomic E-state index is 0.147. The minimum Gasteiger partial charge on any atom is -0.320 e. The summed E-state index contributed by atoms with van der Waals surface area (Å²) in [7, 11) is 0. The van der Waals surface area contributed by atoms with Gasteiger partial charge in [0.15, 0.2) is 0 Å². The van der Waals surface area contributed by atoms with Gasteiger partial charge in [0.1, 0.15) is 5.69 Å². The highest BCUT2D eigenvalue weighted by atomic mass is 16.6. The first-order valence-corrected chi connectivity index (χ1v) is 4.32. The van der Waals surface area contributed by atoms with Gasteiger partial charge in [-0.1, -0.05) is 12.1 Å². The quantitative estimate of drug-likeness (QED) is 0.570. The molecule has 0 bridgehead atoms. The van der Waals surface area contributed by atoms with Crippen molar-refractivity contribution in [1.29, 1.82) is 0 Å². The number of rotatable bonds is 3. The first-order chi connectivity index (χ1) is 7.02. The zero-order valence-corrected chi connectivity index (χ0v) is 8.14. The molecule has 15 heavy (non-hydrogen) atoms. The molecule has 1 rings (SSSR count). The molecule has 6 nitrogen and oxygen atoms in total. The number of anilines is 1. The van der Waals surface area contributed by atoms with Gasteiger partial charge in [0.25, 0.3) is 5.69 Å². The van der Waals surface area contributed by atoms with Crippen molar-refractivity contribution in [2.24, 2.45) is 5.73 Å². The van der Waals surface area contributed by atoms with Gasteiger partial charge in [-0.05, 0) is 13.0 Å². The third-order valence-corrected chi connectivity index (χ3v) is 1.77. The fourth-order valence-corrected chi connectivity index (χ4v) is 0.985. The SMILES string of the molecule is C[C@@H](N)C(=O)Nc1ccccc1[N+](=O)[O-]. The number of para-hydroxylation sites is 2. The summed E-state index contributed by atoms with van der Waals surface area (Å²) in [6.45, 7) is 1.50. The van der Waals surface area contributed by atoms with Crippen LogP contribution in [0.15, 0.2) is 24.3 Å². The van der Waals surface area contributed by atoms with Gasteiger partial charge in [-0.3, -0.25) is 14.9 Å². The minimum atomic E-state index is -0.704. The Morgan fingerprint density at radius 3 is 2.67 bits per heavy atom. The number of carbonyl (C=O) groups is 1. The fourth-order valence-electron chi connectivity index (χ4n) is 0.985. The summed E-state index contributed by atoms with van der Waals surface area (Å²) >= 11 is 0. The lowest BCUT2D eigenvalue weighted by Gasteiger charge is -2.07. The molecule has 3 N–H and O–H groups in total. The Labute approximate surface area is 86.2 Å². The van der Waals surface area contributed by atoms with Gasteiger partial charge in [0.2, 0.25) is 5.91 Å². The summed E-state index contributed by atoms with van der Waals surface area (Å²) in [5.41, 5.74) is 5.34. The molecule has 1 aromatic rings. The Kier molecular flexibility index (Phi) is 3.35. The monoisotopic (exact) mass is 209 g/mol. The van der Waals surface area contributed by atoms with Crippen molar-refractivity contribution in [1.82, 2.24) is 0 Å². The molecule has 0 aliphatic carbocycles. The van der Waals surface area contributed by atoms with Crippen molar-refractivity contribution in [3.63, 3.8) is 0 Å². The third kappa shape index (κ3) is 2.75. The second-order valence-electron chi connectivity index (χ2n) is 3.05. The molecule has 0 saturated heterocycles. The van der Waals surface area contributed by atoms with Crippen molar-refractivity contribution in [3.8, 4) is 0 Å². The Balaban J connectivity index is 2.94. The van der Waals surface area contributed by atoms with Crippen molar-refractivity contribution < 1.29 is 9.72 Å². The van der Waals surface area contributed by atoms with Crippen LogP contribution in [0.5, 0.6) is 0 Å². The Bertz CT molecular complexity index is 390. The lowest BCUT2D eigenvalue weighted by atomic mass is 10.2. The second-order valence-corrected chi connectivity index (χ2v) is 3.05. The molecule has 0 radical (unpaired) electrons. The largest absolute Gasteiger partial charge is 0.320 e. The number of nitrogens with two attached hydrogens (primary N) is 1. The molecule has 0 unspecified atom stereocenters. The second kappa shape index (κ2) is 4.52. The molecule has 0 aliphatic rings. The molecule has 6 heteroatoms. The van der Waals surface area contributed by atoms with Gasteiger partial charge in [0, 0.05) is 6.07 Å². The van der Waals surface area contributed by atoms with Crippen LogP contribution in [-0.4, -0.2) is 16.9 Å². The van der Waals surface area contributed by atoms with Crippen LogP contribution in [0.1, 0.15) is 6.92 Å². The van der Waals surface area contributed by atoms with Gasteiger partial charge in [-0.25, -0.2) is 0 Å². The maximum absolute atomic E-state index is 11.2. The van der Waals surface area contributed by atoms with Crippen LogP contribution in [-0.2, 0) is 4.79 Å². The van der Waals surface area contributed by atoms with E-state index in [0.29, 0.717) is 0 Å². The molecule has 1 amide bonds. The lowest BCUT2D eigenvalue weighted by molar-refractivity contribution is -0.383. The van der Waals surface area contributed by atoms with E-state index in [1.807, 2.05) is 0 Å². The zero-order valence-electron chi connectivity index (χ0n) is 8.14. The first kappa shape index (κ1) is 11.1. The van der Waals surface area contributed by atoms with Crippen LogP contribution in [0.3, 0.4) is 0 Å². The summed E-state index contributed by atoms with van der Waals surface area (Å²) in [4.78, 5) is 21.3. The van der Waals surface area contributed by atoms with Crippen molar-refractivity contribution in [2.75, 3.05) is 5.32 Å². The number of benzene rings is 1. The van der Waals surface area contributed by atoms with E-state index in [1.165, 1.54) is 25.1 Å². The van der Waals surface area contributed by atoms with E-state index in [4.69, 9.17) is 5.73 Å². The predicted molar refractivity (Wildman–Crippen MR) is 55.4 cm³/mol. The molecule has 0 aromatic heterocycles. The highest BCUT2D eigenvalue weighted by molar-refractivity contribution is 5.96. The predicted octanol–water partition coefficient (Wildman–Crippen LogP) is 0.880. The lowest BCUT2D eigenvalue weighted by Crippen LogP contribution is -2.32. The maximum Gasteiger partial charge on any atom is 0.292 e. The third-order valence-electron chi connectivity index (χ3n) is 1.77. The van der Waals surface area contributed by atoms with Crippen molar-refractivity contribution in [2.45, 2.75) is 13.0 Å². The normalized spacial score (nSPS) is 11.9. The van der Waals surface area contributed by atoms with Crippen LogP contribution in [0.4, 0.5) is 11.4 Å². The van der Waals surface area contributed by atoms with Gasteiger partial charge >= 0.3 is 0 Å². The highest BCUT2D eigenvalue weighted by Crippen LogP contribution is 2.22. The van der Waals surface area contributed by atoms with E-state index in [9.17, 15) is 14.9 Å². The molecule has 0 fully saturated rings. The van der Waals surface area contributed by atoms with Crippen LogP contribution in [0, 0.1) is 10.1 Å². The number of nitro benzene ring substituents is 1.